The Kier molecular flexibility index (Phi) is 4.67. The minimum Gasteiger partial charge on any atom is -0.496 e. The topological polar surface area (TPSA) is 64.3 Å². The Labute approximate surface area is 133 Å². The number of ether oxygens (including phenoxy) is 1. The molecule has 0 bridgehead atoms. The summed E-state index contributed by atoms with van der Waals surface area (Å²) in [5, 5.41) is 2.79. The summed E-state index contributed by atoms with van der Waals surface area (Å²) in [4.78, 5) is 12.2. The third kappa shape index (κ3) is 3.32. The van der Waals surface area contributed by atoms with E-state index in [-0.39, 0.29) is 5.91 Å². The van der Waals surface area contributed by atoms with Crippen LogP contribution in [0.25, 0.3) is 0 Å². The van der Waals surface area contributed by atoms with Gasteiger partial charge in [-0.2, -0.15) is 0 Å². The maximum atomic E-state index is 12.2. The zero-order chi connectivity index (χ0) is 14.7. The van der Waals surface area contributed by atoms with Gasteiger partial charge in [0.05, 0.1) is 12.7 Å². The molecule has 0 aromatic heterocycles. The van der Waals surface area contributed by atoms with Gasteiger partial charge in [-0.15, -0.1) is 0 Å². The fourth-order valence-corrected chi connectivity index (χ4v) is 2.26. The van der Waals surface area contributed by atoms with Gasteiger partial charge < -0.3 is 15.8 Å². The fourth-order valence-electron chi connectivity index (χ4n) is 1.67. The van der Waals surface area contributed by atoms with Gasteiger partial charge >= 0.3 is 0 Å². The van der Waals surface area contributed by atoms with Crippen LogP contribution in [0, 0.1) is 0 Å². The van der Waals surface area contributed by atoms with Crippen LogP contribution >= 0.6 is 31.9 Å². The standard InChI is InChI=1S/C14H12Br2N2O2/c1-20-13-6-8(15)2-4-10(13)14(19)18-9-3-5-11(16)12(17)7-9/h2-7H,17H2,1H3,(H,18,19). The van der Waals surface area contributed by atoms with Crippen molar-refractivity contribution >= 4 is 49.1 Å². The molecule has 0 saturated heterocycles. The Balaban J connectivity index is 2.25. The molecule has 3 N–H and O–H groups in total. The quantitative estimate of drug-likeness (QED) is 0.765. The number of nitrogen functional groups attached to an aromatic ring is 1. The third-order valence-corrected chi connectivity index (χ3v) is 3.88. The maximum Gasteiger partial charge on any atom is 0.259 e. The van der Waals surface area contributed by atoms with Crippen LogP contribution in [0.1, 0.15) is 10.4 Å². The number of carbonyl (C=O) groups is 1. The smallest absolute Gasteiger partial charge is 0.259 e. The molecule has 0 saturated carbocycles. The Hall–Kier alpha value is -1.53. The molecule has 0 radical (unpaired) electrons. The second-order valence-electron chi connectivity index (χ2n) is 4.04. The molecular formula is C14H12Br2N2O2. The molecule has 6 heteroatoms. The summed E-state index contributed by atoms with van der Waals surface area (Å²) in [5.74, 6) is 0.248. The van der Waals surface area contributed by atoms with Crippen molar-refractivity contribution in [2.75, 3.05) is 18.2 Å². The van der Waals surface area contributed by atoms with Crippen LogP contribution in [0.3, 0.4) is 0 Å². The molecule has 0 fully saturated rings. The number of halogens is 2. The molecule has 1 amide bonds. The van der Waals surface area contributed by atoms with Gasteiger partial charge in [0.25, 0.3) is 5.91 Å². The maximum absolute atomic E-state index is 12.2. The molecule has 0 aliphatic rings. The largest absolute Gasteiger partial charge is 0.496 e. The number of amides is 1. The zero-order valence-electron chi connectivity index (χ0n) is 10.6. The fraction of sp³-hybridized carbons (Fsp3) is 0.0714. The van der Waals surface area contributed by atoms with Crippen molar-refractivity contribution < 1.29 is 9.53 Å². The molecule has 0 unspecified atom stereocenters. The van der Waals surface area contributed by atoms with Gasteiger partial charge in [0, 0.05) is 20.3 Å². The Morgan fingerprint density at radius 1 is 1.20 bits per heavy atom. The van der Waals surface area contributed by atoms with E-state index in [9.17, 15) is 4.79 Å². The van der Waals surface area contributed by atoms with E-state index in [1.807, 2.05) is 0 Å². The number of rotatable bonds is 3. The van der Waals surface area contributed by atoms with Gasteiger partial charge in [0.1, 0.15) is 5.75 Å². The van der Waals surface area contributed by atoms with E-state index in [0.29, 0.717) is 22.7 Å². The van der Waals surface area contributed by atoms with Crippen molar-refractivity contribution in [3.63, 3.8) is 0 Å². The van der Waals surface area contributed by atoms with Crippen LogP contribution < -0.4 is 15.8 Å². The van der Waals surface area contributed by atoms with Crippen LogP contribution in [0.15, 0.2) is 45.3 Å². The highest BCUT2D eigenvalue weighted by Gasteiger charge is 2.13. The minimum atomic E-state index is -0.254. The number of hydrogen-bond donors (Lipinski definition) is 2. The molecule has 2 aromatic carbocycles. The van der Waals surface area contributed by atoms with E-state index < -0.39 is 0 Å². The predicted octanol–water partition coefficient (Wildman–Crippen LogP) is 4.05. The first-order valence-corrected chi connectivity index (χ1v) is 7.30. The molecule has 2 rings (SSSR count). The van der Waals surface area contributed by atoms with Crippen LogP contribution in [0.4, 0.5) is 11.4 Å². The first-order chi connectivity index (χ1) is 9.51. The first kappa shape index (κ1) is 14.9. The van der Waals surface area contributed by atoms with Gasteiger partial charge in [-0.3, -0.25) is 4.79 Å². The average Bonchev–Trinajstić information content (AvgIpc) is 2.42. The van der Waals surface area contributed by atoms with Crippen molar-refractivity contribution in [1.29, 1.82) is 0 Å². The molecule has 0 aliphatic carbocycles. The van der Waals surface area contributed by atoms with Crippen molar-refractivity contribution in [2.45, 2.75) is 0 Å². The average molecular weight is 400 g/mol. The molecule has 0 atom stereocenters. The lowest BCUT2D eigenvalue weighted by Gasteiger charge is -2.10. The lowest BCUT2D eigenvalue weighted by Crippen LogP contribution is -2.13. The van der Waals surface area contributed by atoms with E-state index in [1.165, 1.54) is 7.11 Å². The monoisotopic (exact) mass is 398 g/mol. The molecule has 2 aromatic rings. The molecular weight excluding hydrogens is 388 g/mol. The van der Waals surface area contributed by atoms with Crippen LogP contribution in [-0.2, 0) is 0 Å². The van der Waals surface area contributed by atoms with Gasteiger partial charge in [0.15, 0.2) is 0 Å². The lowest BCUT2D eigenvalue weighted by molar-refractivity contribution is 0.102. The second kappa shape index (κ2) is 6.28. The first-order valence-electron chi connectivity index (χ1n) is 5.71. The molecule has 0 aliphatic heterocycles. The van der Waals surface area contributed by atoms with E-state index >= 15 is 0 Å². The number of nitrogens with one attached hydrogen (secondary N) is 1. The number of methoxy groups -OCH3 is 1. The molecule has 104 valence electrons. The number of anilines is 2. The van der Waals surface area contributed by atoms with Crippen molar-refractivity contribution in [1.82, 2.24) is 0 Å². The van der Waals surface area contributed by atoms with Gasteiger partial charge in [0.2, 0.25) is 0 Å². The number of nitrogens with two attached hydrogens (primary N) is 1. The van der Waals surface area contributed by atoms with Crippen LogP contribution in [0.5, 0.6) is 5.75 Å². The Morgan fingerprint density at radius 2 is 1.95 bits per heavy atom. The second-order valence-corrected chi connectivity index (χ2v) is 5.81. The van der Waals surface area contributed by atoms with Crippen molar-refractivity contribution in [2.24, 2.45) is 0 Å². The zero-order valence-corrected chi connectivity index (χ0v) is 13.8. The van der Waals surface area contributed by atoms with Gasteiger partial charge in [-0.05, 0) is 52.3 Å². The van der Waals surface area contributed by atoms with Gasteiger partial charge in [-0.1, -0.05) is 15.9 Å². The summed E-state index contributed by atoms with van der Waals surface area (Å²) in [6.07, 6.45) is 0. The molecule has 20 heavy (non-hydrogen) atoms. The summed E-state index contributed by atoms with van der Waals surface area (Å²) in [6.45, 7) is 0. The van der Waals surface area contributed by atoms with E-state index in [4.69, 9.17) is 10.5 Å². The summed E-state index contributed by atoms with van der Waals surface area (Å²) in [7, 11) is 1.52. The Bertz CT molecular complexity index is 660. The number of hydrogen-bond acceptors (Lipinski definition) is 3. The highest BCUT2D eigenvalue weighted by Crippen LogP contribution is 2.26. The van der Waals surface area contributed by atoms with Crippen molar-refractivity contribution in [3.8, 4) is 5.75 Å². The molecule has 0 spiro atoms. The summed E-state index contributed by atoms with van der Waals surface area (Å²) >= 11 is 6.65. The van der Waals surface area contributed by atoms with E-state index in [2.05, 4.69) is 37.2 Å². The normalized spacial score (nSPS) is 10.2. The van der Waals surface area contributed by atoms with Crippen LogP contribution in [-0.4, -0.2) is 13.0 Å². The highest BCUT2D eigenvalue weighted by molar-refractivity contribution is 9.10. The lowest BCUT2D eigenvalue weighted by atomic mass is 10.2. The summed E-state index contributed by atoms with van der Waals surface area (Å²) in [6, 6.07) is 10.5. The predicted molar refractivity (Wildman–Crippen MR) is 87.2 cm³/mol. The van der Waals surface area contributed by atoms with Crippen molar-refractivity contribution in [3.05, 3.63) is 50.9 Å². The minimum absolute atomic E-state index is 0.254. The SMILES string of the molecule is COc1cc(Br)ccc1C(=O)Nc1ccc(Br)c(N)c1. The Morgan fingerprint density at radius 3 is 2.60 bits per heavy atom. The number of benzene rings is 2. The molecule has 0 heterocycles. The summed E-state index contributed by atoms with van der Waals surface area (Å²) < 4.78 is 6.84. The van der Waals surface area contributed by atoms with Gasteiger partial charge in [-0.25, -0.2) is 0 Å². The third-order valence-electron chi connectivity index (χ3n) is 2.66. The van der Waals surface area contributed by atoms with Crippen LogP contribution in [0.2, 0.25) is 0 Å². The number of carbonyl (C=O) groups excluding carboxylic acids is 1. The summed E-state index contributed by atoms with van der Waals surface area (Å²) in [5.41, 5.74) is 7.42. The van der Waals surface area contributed by atoms with E-state index in [1.54, 1.807) is 36.4 Å². The molecule has 4 nitrogen and oxygen atoms in total. The highest BCUT2D eigenvalue weighted by atomic mass is 79.9. The van der Waals surface area contributed by atoms with E-state index in [0.717, 1.165) is 8.95 Å².